The zero-order valence-electron chi connectivity index (χ0n) is 17.0. The number of hydrogen-bond donors (Lipinski definition) is 3. The third kappa shape index (κ3) is 15.6. The Bertz CT molecular complexity index is 298. The molecule has 1 aliphatic rings. The molecule has 0 bridgehead atoms. The number of hydroxylamine groups is 2. The number of aliphatic carboxylic acids is 1. The number of nitrogens with zero attached hydrogens (tertiary/aromatic N) is 1. The highest BCUT2D eigenvalue weighted by Crippen LogP contribution is 2.14. The van der Waals surface area contributed by atoms with Crippen molar-refractivity contribution in [1.29, 1.82) is 0 Å². The number of carboxylic acid groups (broad SMARTS) is 1. The van der Waals surface area contributed by atoms with E-state index in [0.717, 1.165) is 17.9 Å². The number of carbonyl (C=O) groups is 1. The molecule has 0 spiro atoms. The SMILES string of the molecule is CCCCCCCCCCCCCCCCO.O=C(O)C1CCCN1O. The van der Waals surface area contributed by atoms with E-state index in [1.807, 2.05) is 0 Å². The summed E-state index contributed by atoms with van der Waals surface area (Å²) in [6, 6.07) is -0.662. The van der Waals surface area contributed by atoms with Gasteiger partial charge in [-0.15, -0.1) is 0 Å². The van der Waals surface area contributed by atoms with E-state index in [1.165, 1.54) is 83.5 Å². The lowest BCUT2D eigenvalue weighted by molar-refractivity contribution is -0.160. The zero-order valence-corrected chi connectivity index (χ0v) is 17.0. The molecule has 26 heavy (non-hydrogen) atoms. The van der Waals surface area contributed by atoms with Gasteiger partial charge < -0.3 is 15.4 Å². The van der Waals surface area contributed by atoms with E-state index < -0.39 is 12.0 Å². The molecular formula is C21H43NO4. The Labute approximate surface area is 160 Å². The van der Waals surface area contributed by atoms with Crippen molar-refractivity contribution in [2.75, 3.05) is 13.2 Å². The van der Waals surface area contributed by atoms with Crippen molar-refractivity contribution in [2.24, 2.45) is 0 Å². The predicted molar refractivity (Wildman–Crippen MR) is 107 cm³/mol. The second-order valence-corrected chi connectivity index (χ2v) is 7.48. The summed E-state index contributed by atoms with van der Waals surface area (Å²) >= 11 is 0. The molecule has 1 unspecified atom stereocenters. The van der Waals surface area contributed by atoms with Crippen LogP contribution in [0.2, 0.25) is 0 Å². The van der Waals surface area contributed by atoms with Crippen LogP contribution in [0.25, 0.3) is 0 Å². The molecule has 0 radical (unpaired) electrons. The monoisotopic (exact) mass is 373 g/mol. The molecule has 0 aliphatic carbocycles. The van der Waals surface area contributed by atoms with Crippen molar-refractivity contribution in [3.8, 4) is 0 Å². The number of carboxylic acids is 1. The second kappa shape index (κ2) is 19.1. The van der Waals surface area contributed by atoms with Crippen LogP contribution in [0, 0.1) is 0 Å². The number of aliphatic hydroxyl groups excluding tert-OH is 1. The normalized spacial score (nSPS) is 17.1. The van der Waals surface area contributed by atoms with Gasteiger partial charge in [0.15, 0.2) is 0 Å². The second-order valence-electron chi connectivity index (χ2n) is 7.48. The Morgan fingerprint density at radius 2 is 1.27 bits per heavy atom. The van der Waals surface area contributed by atoms with E-state index in [2.05, 4.69) is 6.92 Å². The summed E-state index contributed by atoms with van der Waals surface area (Å²) in [7, 11) is 0. The molecular weight excluding hydrogens is 330 g/mol. The van der Waals surface area contributed by atoms with Gasteiger partial charge in [0.25, 0.3) is 0 Å². The Morgan fingerprint density at radius 1 is 0.846 bits per heavy atom. The third-order valence-corrected chi connectivity index (χ3v) is 5.02. The van der Waals surface area contributed by atoms with Crippen LogP contribution in [0.3, 0.4) is 0 Å². The van der Waals surface area contributed by atoms with Crippen LogP contribution in [0.5, 0.6) is 0 Å². The van der Waals surface area contributed by atoms with E-state index in [4.69, 9.17) is 15.4 Å². The molecule has 156 valence electrons. The van der Waals surface area contributed by atoms with E-state index >= 15 is 0 Å². The third-order valence-electron chi connectivity index (χ3n) is 5.02. The summed E-state index contributed by atoms with van der Waals surface area (Å²) in [5.41, 5.74) is 0. The van der Waals surface area contributed by atoms with Crippen molar-refractivity contribution < 1.29 is 20.2 Å². The summed E-state index contributed by atoms with van der Waals surface area (Å²) in [4.78, 5) is 10.2. The number of unbranched alkanes of at least 4 members (excludes halogenated alkanes) is 13. The zero-order chi connectivity index (χ0) is 19.5. The molecule has 5 nitrogen and oxygen atoms in total. The Balaban J connectivity index is 0.000000577. The lowest BCUT2D eigenvalue weighted by Gasteiger charge is -2.11. The van der Waals surface area contributed by atoms with Crippen molar-refractivity contribution >= 4 is 5.97 Å². The van der Waals surface area contributed by atoms with Crippen molar-refractivity contribution in [3.63, 3.8) is 0 Å². The minimum Gasteiger partial charge on any atom is -0.480 e. The molecule has 1 aliphatic heterocycles. The van der Waals surface area contributed by atoms with Gasteiger partial charge in [-0.3, -0.25) is 4.79 Å². The van der Waals surface area contributed by atoms with Crippen LogP contribution in [-0.2, 0) is 4.79 Å². The first-order valence-corrected chi connectivity index (χ1v) is 10.9. The van der Waals surface area contributed by atoms with Gasteiger partial charge in [0.05, 0.1) is 0 Å². The smallest absolute Gasteiger partial charge is 0.323 e. The first-order valence-electron chi connectivity index (χ1n) is 10.9. The fraction of sp³-hybridized carbons (Fsp3) is 0.952. The fourth-order valence-electron chi connectivity index (χ4n) is 3.31. The summed E-state index contributed by atoms with van der Waals surface area (Å²) < 4.78 is 0. The van der Waals surface area contributed by atoms with Gasteiger partial charge in [-0.25, -0.2) is 0 Å². The van der Waals surface area contributed by atoms with Gasteiger partial charge in [-0.05, 0) is 19.3 Å². The van der Waals surface area contributed by atoms with Gasteiger partial charge in [0, 0.05) is 13.2 Å². The summed E-state index contributed by atoms with van der Waals surface area (Å²) in [6.07, 6.45) is 20.5. The quantitative estimate of drug-likeness (QED) is 0.336. The first-order chi connectivity index (χ1) is 12.6. The lowest BCUT2D eigenvalue weighted by Crippen LogP contribution is -2.32. The minimum atomic E-state index is -0.935. The Hall–Kier alpha value is -0.650. The molecule has 5 heteroatoms. The molecule has 1 atom stereocenters. The van der Waals surface area contributed by atoms with Crippen LogP contribution >= 0.6 is 0 Å². The number of hydrogen-bond acceptors (Lipinski definition) is 4. The van der Waals surface area contributed by atoms with Crippen LogP contribution in [-0.4, -0.2) is 45.6 Å². The lowest BCUT2D eigenvalue weighted by atomic mass is 10.0. The highest BCUT2D eigenvalue weighted by atomic mass is 16.5. The molecule has 3 N–H and O–H groups in total. The van der Waals surface area contributed by atoms with Crippen LogP contribution in [0.4, 0.5) is 0 Å². The Morgan fingerprint density at radius 3 is 1.54 bits per heavy atom. The van der Waals surface area contributed by atoms with E-state index in [0.29, 0.717) is 19.6 Å². The topological polar surface area (TPSA) is 81.0 Å². The molecule has 0 saturated carbocycles. The van der Waals surface area contributed by atoms with Gasteiger partial charge in [-0.1, -0.05) is 90.4 Å². The summed E-state index contributed by atoms with van der Waals surface area (Å²) in [5.74, 6) is -0.935. The van der Waals surface area contributed by atoms with Gasteiger partial charge in [0.1, 0.15) is 6.04 Å². The first kappa shape index (κ1) is 25.4. The predicted octanol–water partition coefficient (Wildman–Crippen LogP) is 5.38. The molecule has 1 heterocycles. The standard InChI is InChI=1S/C16H34O.C5H9NO3/c1-2-3-4-5-6-7-8-9-10-11-12-13-14-15-16-17;7-5(8)4-2-1-3-6(4)9/h17H,2-16H2,1H3;4,9H,1-3H2,(H,7,8). The fourth-order valence-corrected chi connectivity index (χ4v) is 3.31. The van der Waals surface area contributed by atoms with Gasteiger partial charge in [0.2, 0.25) is 0 Å². The maximum atomic E-state index is 10.2. The van der Waals surface area contributed by atoms with Crippen LogP contribution in [0.15, 0.2) is 0 Å². The van der Waals surface area contributed by atoms with Crippen molar-refractivity contribution in [2.45, 2.75) is 116 Å². The molecule has 0 amide bonds. The molecule has 0 aromatic heterocycles. The largest absolute Gasteiger partial charge is 0.480 e. The highest BCUT2D eigenvalue weighted by molar-refractivity contribution is 5.73. The minimum absolute atomic E-state index is 0.373. The molecule has 1 rings (SSSR count). The van der Waals surface area contributed by atoms with E-state index in [9.17, 15) is 4.79 Å². The van der Waals surface area contributed by atoms with Crippen LogP contribution < -0.4 is 0 Å². The molecule has 1 saturated heterocycles. The van der Waals surface area contributed by atoms with Crippen molar-refractivity contribution in [1.82, 2.24) is 5.06 Å². The highest BCUT2D eigenvalue weighted by Gasteiger charge is 2.28. The summed E-state index contributed by atoms with van der Waals surface area (Å²) in [6.45, 7) is 3.13. The average molecular weight is 374 g/mol. The maximum Gasteiger partial charge on any atom is 0.323 e. The number of aliphatic hydroxyl groups is 1. The average Bonchev–Trinajstić information content (AvgIpc) is 3.06. The molecule has 0 aromatic carbocycles. The van der Waals surface area contributed by atoms with E-state index in [-0.39, 0.29) is 0 Å². The van der Waals surface area contributed by atoms with E-state index in [1.54, 1.807) is 0 Å². The van der Waals surface area contributed by atoms with Gasteiger partial charge >= 0.3 is 5.97 Å². The molecule has 0 aromatic rings. The maximum absolute atomic E-state index is 10.2. The van der Waals surface area contributed by atoms with Crippen molar-refractivity contribution in [3.05, 3.63) is 0 Å². The van der Waals surface area contributed by atoms with Crippen LogP contribution in [0.1, 0.15) is 110 Å². The number of rotatable bonds is 15. The van der Waals surface area contributed by atoms with Gasteiger partial charge in [-0.2, -0.15) is 5.06 Å². The molecule has 1 fully saturated rings. The Kier molecular flexibility index (Phi) is 18.6. The summed E-state index contributed by atoms with van der Waals surface area (Å²) in [5, 5.41) is 26.7.